The average Bonchev–Trinajstić information content (AvgIpc) is 3.20. The van der Waals surface area contributed by atoms with E-state index in [0.717, 1.165) is 5.56 Å². The average molecular weight is 319 g/mol. The number of hydrogen-bond acceptors (Lipinski definition) is 5. The molecule has 0 aliphatic carbocycles. The standard InChI is InChI=1S/C16H13N7O/c1-11-7-18-22(9-11)15-5-4-14-19-13(10-23(14)21-15)20-16(24)12-3-2-6-17-8-12/h2-10H,1H3,(H,20,24). The van der Waals surface area contributed by atoms with Crippen LogP contribution in [0.25, 0.3) is 11.5 Å². The number of nitrogens with zero attached hydrogens (tertiary/aromatic N) is 6. The van der Waals surface area contributed by atoms with Crippen LogP contribution in [-0.4, -0.2) is 35.3 Å². The van der Waals surface area contributed by atoms with E-state index in [2.05, 4.69) is 25.5 Å². The van der Waals surface area contributed by atoms with Crippen molar-refractivity contribution < 1.29 is 4.79 Å². The Hall–Kier alpha value is -3.55. The summed E-state index contributed by atoms with van der Waals surface area (Å²) in [7, 11) is 0. The Morgan fingerprint density at radius 1 is 1.17 bits per heavy atom. The molecule has 0 unspecified atom stereocenters. The Balaban J connectivity index is 1.62. The van der Waals surface area contributed by atoms with Gasteiger partial charge in [0.15, 0.2) is 17.3 Å². The van der Waals surface area contributed by atoms with E-state index in [4.69, 9.17) is 0 Å². The van der Waals surface area contributed by atoms with Gasteiger partial charge < -0.3 is 5.32 Å². The van der Waals surface area contributed by atoms with Gasteiger partial charge in [-0.2, -0.15) is 5.10 Å². The van der Waals surface area contributed by atoms with Crippen molar-refractivity contribution in [2.45, 2.75) is 6.92 Å². The number of nitrogens with one attached hydrogen (secondary N) is 1. The Morgan fingerprint density at radius 3 is 2.83 bits per heavy atom. The molecule has 0 fully saturated rings. The molecule has 4 rings (SSSR count). The molecular formula is C16H13N7O. The summed E-state index contributed by atoms with van der Waals surface area (Å²) in [4.78, 5) is 20.4. The van der Waals surface area contributed by atoms with Crippen molar-refractivity contribution in [2.75, 3.05) is 5.32 Å². The monoisotopic (exact) mass is 319 g/mol. The highest BCUT2D eigenvalue weighted by Gasteiger charge is 2.10. The number of carbonyl (C=O) groups is 1. The van der Waals surface area contributed by atoms with Gasteiger partial charge in [-0.15, -0.1) is 5.10 Å². The summed E-state index contributed by atoms with van der Waals surface area (Å²) in [6.07, 6.45) is 8.42. The fourth-order valence-electron chi connectivity index (χ4n) is 2.28. The lowest BCUT2D eigenvalue weighted by Crippen LogP contribution is -2.12. The van der Waals surface area contributed by atoms with Crippen LogP contribution in [0.2, 0.25) is 0 Å². The smallest absolute Gasteiger partial charge is 0.258 e. The lowest BCUT2D eigenvalue weighted by atomic mass is 10.3. The number of rotatable bonds is 3. The predicted octanol–water partition coefficient (Wildman–Crippen LogP) is 1.87. The van der Waals surface area contributed by atoms with E-state index in [1.54, 1.807) is 39.9 Å². The third-order valence-electron chi connectivity index (χ3n) is 3.42. The van der Waals surface area contributed by atoms with Crippen molar-refractivity contribution in [3.8, 4) is 5.82 Å². The fraction of sp³-hybridized carbons (Fsp3) is 0.0625. The van der Waals surface area contributed by atoms with Crippen LogP contribution in [0.5, 0.6) is 0 Å². The zero-order valence-electron chi connectivity index (χ0n) is 12.8. The molecule has 8 heteroatoms. The second kappa shape index (κ2) is 5.58. The van der Waals surface area contributed by atoms with Crippen LogP contribution in [0.3, 0.4) is 0 Å². The molecule has 4 aromatic heterocycles. The first-order chi connectivity index (χ1) is 11.7. The van der Waals surface area contributed by atoms with E-state index in [9.17, 15) is 4.79 Å². The third-order valence-corrected chi connectivity index (χ3v) is 3.42. The summed E-state index contributed by atoms with van der Waals surface area (Å²) in [5.41, 5.74) is 2.14. The van der Waals surface area contributed by atoms with Crippen molar-refractivity contribution in [3.05, 3.63) is 66.4 Å². The van der Waals surface area contributed by atoms with Crippen LogP contribution in [0, 0.1) is 6.92 Å². The number of imidazole rings is 1. The number of carbonyl (C=O) groups excluding carboxylic acids is 1. The topological polar surface area (TPSA) is 90.0 Å². The quantitative estimate of drug-likeness (QED) is 0.622. The van der Waals surface area contributed by atoms with Crippen LogP contribution in [0.15, 0.2) is 55.2 Å². The van der Waals surface area contributed by atoms with Gasteiger partial charge in [0.25, 0.3) is 5.91 Å². The molecule has 0 atom stereocenters. The Bertz CT molecular complexity index is 1020. The van der Waals surface area contributed by atoms with E-state index in [1.807, 2.05) is 25.3 Å². The minimum atomic E-state index is -0.269. The van der Waals surface area contributed by atoms with Gasteiger partial charge in [-0.25, -0.2) is 14.2 Å². The molecular weight excluding hydrogens is 306 g/mol. The summed E-state index contributed by atoms with van der Waals surface area (Å²) in [5.74, 6) is 0.817. The van der Waals surface area contributed by atoms with E-state index >= 15 is 0 Å². The Morgan fingerprint density at radius 2 is 2.08 bits per heavy atom. The van der Waals surface area contributed by atoms with E-state index in [1.165, 1.54) is 6.20 Å². The van der Waals surface area contributed by atoms with Gasteiger partial charge in [0, 0.05) is 18.6 Å². The normalized spacial score (nSPS) is 10.9. The van der Waals surface area contributed by atoms with E-state index in [0.29, 0.717) is 22.8 Å². The fourth-order valence-corrected chi connectivity index (χ4v) is 2.28. The number of hydrogen-bond donors (Lipinski definition) is 1. The second-order valence-electron chi connectivity index (χ2n) is 5.28. The summed E-state index contributed by atoms with van der Waals surface area (Å²) in [6, 6.07) is 7.04. The summed E-state index contributed by atoms with van der Waals surface area (Å²) in [5, 5.41) is 11.4. The van der Waals surface area contributed by atoms with Crippen molar-refractivity contribution in [2.24, 2.45) is 0 Å². The summed E-state index contributed by atoms with van der Waals surface area (Å²) < 4.78 is 3.29. The molecule has 0 spiro atoms. The molecule has 118 valence electrons. The highest BCUT2D eigenvalue weighted by molar-refractivity contribution is 6.03. The number of amides is 1. The van der Waals surface area contributed by atoms with E-state index in [-0.39, 0.29) is 5.91 Å². The maximum absolute atomic E-state index is 12.1. The lowest BCUT2D eigenvalue weighted by molar-refractivity contribution is 0.102. The molecule has 0 aromatic carbocycles. The van der Waals surface area contributed by atoms with Crippen LogP contribution < -0.4 is 5.32 Å². The first-order valence-corrected chi connectivity index (χ1v) is 7.28. The van der Waals surface area contributed by atoms with Crippen molar-refractivity contribution in [3.63, 3.8) is 0 Å². The molecule has 0 aliphatic rings. The molecule has 0 saturated heterocycles. The molecule has 4 heterocycles. The molecule has 0 radical (unpaired) electrons. The van der Waals surface area contributed by atoms with Gasteiger partial charge in [0.1, 0.15) is 0 Å². The molecule has 4 aromatic rings. The number of aromatic nitrogens is 6. The molecule has 0 aliphatic heterocycles. The van der Waals surface area contributed by atoms with Gasteiger partial charge >= 0.3 is 0 Å². The molecule has 1 amide bonds. The summed E-state index contributed by atoms with van der Waals surface area (Å²) in [6.45, 7) is 1.96. The van der Waals surface area contributed by atoms with Gasteiger partial charge in [-0.3, -0.25) is 9.78 Å². The first kappa shape index (κ1) is 14.1. The molecule has 0 saturated carbocycles. The lowest BCUT2D eigenvalue weighted by Gasteiger charge is -2.00. The number of anilines is 1. The molecule has 1 N–H and O–H groups in total. The molecule has 24 heavy (non-hydrogen) atoms. The van der Waals surface area contributed by atoms with Crippen LogP contribution >= 0.6 is 0 Å². The van der Waals surface area contributed by atoms with Crippen LogP contribution in [0.1, 0.15) is 15.9 Å². The SMILES string of the molecule is Cc1cnn(-c2ccc3nc(NC(=O)c4cccnc4)cn3n2)c1. The minimum Gasteiger partial charge on any atom is -0.305 e. The Kier molecular flexibility index (Phi) is 3.27. The minimum absolute atomic E-state index is 0.269. The zero-order chi connectivity index (χ0) is 16.5. The molecule has 8 nitrogen and oxygen atoms in total. The number of aryl methyl sites for hydroxylation is 1. The van der Waals surface area contributed by atoms with Crippen molar-refractivity contribution in [1.29, 1.82) is 0 Å². The van der Waals surface area contributed by atoms with Crippen LogP contribution in [-0.2, 0) is 0 Å². The number of fused-ring (bicyclic) bond motifs is 1. The largest absolute Gasteiger partial charge is 0.305 e. The van der Waals surface area contributed by atoms with Gasteiger partial charge in [-0.1, -0.05) is 0 Å². The zero-order valence-corrected chi connectivity index (χ0v) is 12.8. The third kappa shape index (κ3) is 2.60. The van der Waals surface area contributed by atoms with Crippen LogP contribution in [0.4, 0.5) is 5.82 Å². The van der Waals surface area contributed by atoms with E-state index < -0.39 is 0 Å². The summed E-state index contributed by atoms with van der Waals surface area (Å²) >= 11 is 0. The Labute approximate surface area is 136 Å². The number of pyridine rings is 1. The van der Waals surface area contributed by atoms with Crippen molar-refractivity contribution >= 4 is 17.4 Å². The maximum atomic E-state index is 12.1. The highest BCUT2D eigenvalue weighted by Crippen LogP contribution is 2.12. The predicted molar refractivity (Wildman–Crippen MR) is 87.0 cm³/mol. The van der Waals surface area contributed by atoms with Crippen molar-refractivity contribution in [1.82, 2.24) is 29.4 Å². The second-order valence-corrected chi connectivity index (χ2v) is 5.28. The highest BCUT2D eigenvalue weighted by atomic mass is 16.1. The van der Waals surface area contributed by atoms with Gasteiger partial charge in [0.2, 0.25) is 0 Å². The molecule has 0 bridgehead atoms. The van der Waals surface area contributed by atoms with Gasteiger partial charge in [-0.05, 0) is 36.8 Å². The first-order valence-electron chi connectivity index (χ1n) is 7.28. The maximum Gasteiger partial charge on any atom is 0.258 e. The van der Waals surface area contributed by atoms with Gasteiger partial charge in [0.05, 0.1) is 18.0 Å².